The molecule has 1 fully saturated rings. The van der Waals surface area contributed by atoms with Crippen LogP contribution in [0.3, 0.4) is 0 Å². The van der Waals surface area contributed by atoms with Crippen molar-refractivity contribution in [2.45, 2.75) is 26.4 Å². The monoisotopic (exact) mass is 695 g/mol. The van der Waals surface area contributed by atoms with Gasteiger partial charge in [-0.05, 0) is 112 Å². The van der Waals surface area contributed by atoms with Gasteiger partial charge >= 0.3 is 0 Å². The Kier molecular flexibility index (Phi) is 8.70. The zero-order valence-electron chi connectivity index (χ0n) is 18.6. The van der Waals surface area contributed by atoms with Gasteiger partial charge in [0.2, 0.25) is 0 Å². The fourth-order valence-electron chi connectivity index (χ4n) is 3.57. The van der Waals surface area contributed by atoms with E-state index in [-0.39, 0.29) is 11.1 Å². The second-order valence-electron chi connectivity index (χ2n) is 8.01. The molecule has 2 amide bonds. The third kappa shape index (κ3) is 6.42. The van der Waals surface area contributed by atoms with E-state index in [1.54, 1.807) is 6.08 Å². The Labute approximate surface area is 231 Å². The molecule has 0 N–H and O–H groups in total. The molecule has 1 aliphatic heterocycles. The van der Waals surface area contributed by atoms with Gasteiger partial charge in [0.25, 0.3) is 11.1 Å². The predicted molar refractivity (Wildman–Crippen MR) is 155 cm³/mol. The molecule has 0 aromatic heterocycles. The lowest BCUT2D eigenvalue weighted by Crippen LogP contribution is -2.29. The van der Waals surface area contributed by atoms with Gasteiger partial charge in [-0.25, -0.2) is 0 Å². The molecule has 4 nitrogen and oxygen atoms in total. The van der Waals surface area contributed by atoms with E-state index in [2.05, 4.69) is 88.5 Å². The standard InChI is InChI=1S/C27H23I2NO3S/c1-18-9-11-20(12-10-18)17-33-25-22(28)14-21(15-23(25)29)16-24-26(31)30(27(32)34-24)13-5-8-19-6-3-2-4-7-19/h2-4,6-7,9-12,14-16H,5,8,13,17H2,1H3/b24-16+. The molecule has 0 radical (unpaired) electrons. The summed E-state index contributed by atoms with van der Waals surface area (Å²) in [5.74, 6) is 0.612. The molecular formula is C27H23I2NO3S. The largest absolute Gasteiger partial charge is 0.487 e. The number of benzene rings is 3. The van der Waals surface area contributed by atoms with E-state index in [1.807, 2.05) is 30.3 Å². The fraction of sp³-hybridized carbons (Fsp3) is 0.185. The van der Waals surface area contributed by atoms with Crippen molar-refractivity contribution < 1.29 is 14.3 Å². The quantitative estimate of drug-likeness (QED) is 0.182. The summed E-state index contributed by atoms with van der Waals surface area (Å²) in [5, 5.41) is -0.202. The molecule has 0 atom stereocenters. The van der Waals surface area contributed by atoms with E-state index >= 15 is 0 Å². The first-order valence-electron chi connectivity index (χ1n) is 10.9. The number of ether oxygens (including phenoxy) is 1. The van der Waals surface area contributed by atoms with Gasteiger partial charge in [-0.15, -0.1) is 0 Å². The molecule has 7 heteroatoms. The number of carbonyl (C=O) groups excluding carboxylic acids is 2. The van der Waals surface area contributed by atoms with Crippen molar-refractivity contribution in [3.8, 4) is 5.75 Å². The molecule has 1 saturated heterocycles. The molecule has 3 aromatic rings. The molecule has 0 spiro atoms. The third-order valence-corrected chi connectivity index (χ3v) is 7.90. The van der Waals surface area contributed by atoms with E-state index < -0.39 is 0 Å². The first kappa shape index (κ1) is 25.2. The van der Waals surface area contributed by atoms with Crippen molar-refractivity contribution in [3.05, 3.63) is 101 Å². The number of hydrogen-bond donors (Lipinski definition) is 0. The molecule has 174 valence electrons. The smallest absolute Gasteiger partial charge is 0.293 e. The van der Waals surface area contributed by atoms with Gasteiger partial charge in [0.15, 0.2) is 0 Å². The maximum Gasteiger partial charge on any atom is 0.293 e. The van der Waals surface area contributed by atoms with Crippen molar-refractivity contribution in [2.75, 3.05) is 6.54 Å². The van der Waals surface area contributed by atoms with Crippen LogP contribution in [0.15, 0.2) is 71.6 Å². The number of halogens is 2. The van der Waals surface area contributed by atoms with Gasteiger partial charge in [-0.3, -0.25) is 14.5 Å². The SMILES string of the molecule is Cc1ccc(COc2c(I)cc(/C=C3/SC(=O)N(CCCc4ccccc4)C3=O)cc2I)cc1. The molecular weight excluding hydrogens is 672 g/mol. The summed E-state index contributed by atoms with van der Waals surface area (Å²) in [6, 6.07) is 22.4. The van der Waals surface area contributed by atoms with Crippen LogP contribution >= 0.6 is 56.9 Å². The molecule has 4 rings (SSSR count). The minimum absolute atomic E-state index is 0.202. The Hall–Kier alpha value is -1.85. The van der Waals surface area contributed by atoms with Crippen LogP contribution in [0.4, 0.5) is 4.79 Å². The van der Waals surface area contributed by atoms with Crippen molar-refractivity contribution in [2.24, 2.45) is 0 Å². The van der Waals surface area contributed by atoms with Crippen molar-refractivity contribution in [1.29, 1.82) is 0 Å². The van der Waals surface area contributed by atoms with Gasteiger partial charge in [-0.2, -0.15) is 0 Å². The number of hydrogen-bond acceptors (Lipinski definition) is 4. The number of rotatable bonds is 8. The van der Waals surface area contributed by atoms with Crippen molar-refractivity contribution >= 4 is 74.2 Å². The number of nitrogens with zero attached hydrogens (tertiary/aromatic N) is 1. The van der Waals surface area contributed by atoms with Gasteiger partial charge in [0, 0.05) is 6.54 Å². The zero-order valence-corrected chi connectivity index (χ0v) is 23.7. The minimum atomic E-state index is -0.215. The maximum atomic E-state index is 12.9. The van der Waals surface area contributed by atoms with E-state index in [1.165, 1.54) is 16.0 Å². The van der Waals surface area contributed by atoms with E-state index in [4.69, 9.17) is 4.74 Å². The molecule has 34 heavy (non-hydrogen) atoms. The molecule has 1 aliphatic rings. The van der Waals surface area contributed by atoms with Gasteiger partial charge in [0.05, 0.1) is 12.0 Å². The first-order chi connectivity index (χ1) is 16.4. The van der Waals surface area contributed by atoms with Crippen LogP contribution in [-0.2, 0) is 17.8 Å². The van der Waals surface area contributed by atoms with Crippen LogP contribution in [0.1, 0.15) is 28.7 Å². The number of aryl methyl sites for hydroxylation is 2. The predicted octanol–water partition coefficient (Wildman–Crippen LogP) is 7.45. The topological polar surface area (TPSA) is 46.6 Å². The molecule has 0 bridgehead atoms. The molecule has 3 aromatic carbocycles. The summed E-state index contributed by atoms with van der Waals surface area (Å²) in [7, 11) is 0. The van der Waals surface area contributed by atoms with Crippen LogP contribution in [-0.4, -0.2) is 22.6 Å². The number of carbonyl (C=O) groups is 2. The van der Waals surface area contributed by atoms with Crippen molar-refractivity contribution in [3.63, 3.8) is 0 Å². The second-order valence-corrected chi connectivity index (χ2v) is 11.3. The van der Waals surface area contributed by atoms with E-state index in [9.17, 15) is 9.59 Å². The van der Waals surface area contributed by atoms with Gasteiger partial charge < -0.3 is 4.74 Å². The summed E-state index contributed by atoms with van der Waals surface area (Å²) in [5.41, 5.74) is 4.42. The molecule has 0 aliphatic carbocycles. The zero-order chi connectivity index (χ0) is 24.1. The summed E-state index contributed by atoms with van der Waals surface area (Å²) < 4.78 is 8.01. The Morgan fingerprint density at radius 2 is 1.62 bits per heavy atom. The van der Waals surface area contributed by atoms with Crippen molar-refractivity contribution in [1.82, 2.24) is 4.90 Å². The highest BCUT2D eigenvalue weighted by Gasteiger charge is 2.34. The first-order valence-corrected chi connectivity index (χ1v) is 13.8. The maximum absolute atomic E-state index is 12.9. The third-order valence-electron chi connectivity index (χ3n) is 5.39. The highest BCUT2D eigenvalue weighted by atomic mass is 127. The Morgan fingerprint density at radius 1 is 0.941 bits per heavy atom. The fourth-order valence-corrected chi connectivity index (χ4v) is 6.56. The van der Waals surface area contributed by atoms with Crippen LogP contribution in [0, 0.1) is 14.1 Å². The summed E-state index contributed by atoms with van der Waals surface area (Å²) >= 11 is 5.52. The second kappa shape index (κ2) is 11.7. The summed E-state index contributed by atoms with van der Waals surface area (Å²) in [6.45, 7) is 2.99. The number of amides is 2. The molecule has 1 heterocycles. The average molecular weight is 695 g/mol. The number of imide groups is 1. The normalized spacial score (nSPS) is 14.8. The lowest BCUT2D eigenvalue weighted by Gasteiger charge is -2.12. The van der Waals surface area contributed by atoms with Gasteiger partial charge in [-0.1, -0.05) is 60.2 Å². The molecule has 0 saturated carbocycles. The Balaban J connectivity index is 1.41. The highest BCUT2D eigenvalue weighted by molar-refractivity contribution is 14.1. The van der Waals surface area contributed by atoms with Crippen LogP contribution in [0.2, 0.25) is 0 Å². The number of thioether (sulfide) groups is 1. The Bertz CT molecular complexity index is 1200. The van der Waals surface area contributed by atoms with Gasteiger partial charge in [0.1, 0.15) is 12.4 Å². The summed E-state index contributed by atoms with van der Waals surface area (Å²) in [6.07, 6.45) is 3.39. The van der Waals surface area contributed by atoms with E-state index in [0.717, 1.165) is 48.6 Å². The lowest BCUT2D eigenvalue weighted by atomic mass is 10.1. The van der Waals surface area contributed by atoms with Crippen LogP contribution in [0.25, 0.3) is 6.08 Å². The average Bonchev–Trinajstić information content (AvgIpc) is 3.07. The lowest BCUT2D eigenvalue weighted by molar-refractivity contribution is -0.122. The molecule has 0 unspecified atom stereocenters. The van der Waals surface area contributed by atoms with Crippen LogP contribution in [0.5, 0.6) is 5.75 Å². The van der Waals surface area contributed by atoms with Crippen LogP contribution < -0.4 is 4.74 Å². The highest BCUT2D eigenvalue weighted by Crippen LogP contribution is 2.35. The minimum Gasteiger partial charge on any atom is -0.487 e. The van der Waals surface area contributed by atoms with E-state index in [0.29, 0.717) is 18.1 Å². The summed E-state index contributed by atoms with van der Waals surface area (Å²) in [4.78, 5) is 27.1. The Morgan fingerprint density at radius 3 is 2.29 bits per heavy atom.